The summed E-state index contributed by atoms with van der Waals surface area (Å²) < 4.78 is 14.2. The van der Waals surface area contributed by atoms with Crippen molar-refractivity contribution in [2.45, 2.75) is 45.1 Å². The van der Waals surface area contributed by atoms with Crippen molar-refractivity contribution >= 4 is 35.8 Å². The zero-order valence-electron chi connectivity index (χ0n) is 18.2. The van der Waals surface area contributed by atoms with Crippen LogP contribution in [0, 0.1) is 5.82 Å². The fourth-order valence-corrected chi connectivity index (χ4v) is 3.50. The molecule has 3 rings (SSSR count). The second-order valence-corrected chi connectivity index (χ2v) is 7.77. The molecule has 0 spiro atoms. The molecule has 168 valence electrons. The lowest BCUT2D eigenvalue weighted by atomic mass is 9.95. The quantitative estimate of drug-likeness (QED) is 0.253. The zero-order valence-corrected chi connectivity index (χ0v) is 20.5. The highest BCUT2D eigenvalue weighted by Gasteiger charge is 2.45. The van der Waals surface area contributed by atoms with Crippen molar-refractivity contribution in [2.75, 3.05) is 19.6 Å². The van der Waals surface area contributed by atoms with Crippen molar-refractivity contribution in [3.8, 4) is 0 Å². The average molecular weight is 538 g/mol. The van der Waals surface area contributed by atoms with Gasteiger partial charge in [-0.1, -0.05) is 37.3 Å². The highest BCUT2D eigenvalue weighted by molar-refractivity contribution is 14.0. The molecule has 31 heavy (non-hydrogen) atoms. The molecule has 0 unspecified atom stereocenters. The maximum atomic E-state index is 14.2. The van der Waals surface area contributed by atoms with Crippen LogP contribution in [-0.4, -0.2) is 31.5 Å². The predicted molar refractivity (Wildman–Crippen MR) is 135 cm³/mol. The zero-order chi connectivity index (χ0) is 21.4. The van der Waals surface area contributed by atoms with E-state index in [-0.39, 0.29) is 41.1 Å². The van der Waals surface area contributed by atoms with E-state index in [1.807, 2.05) is 50.2 Å². The highest BCUT2D eigenvalue weighted by Crippen LogP contribution is 2.48. The summed E-state index contributed by atoms with van der Waals surface area (Å²) in [5.74, 6) is 0.492. The Kier molecular flexibility index (Phi) is 9.74. The summed E-state index contributed by atoms with van der Waals surface area (Å²) in [5.41, 5.74) is 2.23. The number of nitrogens with zero attached hydrogens (tertiary/aromatic N) is 1. The summed E-state index contributed by atoms with van der Waals surface area (Å²) in [7, 11) is 0. The van der Waals surface area contributed by atoms with Gasteiger partial charge in [-0.15, -0.1) is 24.0 Å². The van der Waals surface area contributed by atoms with Crippen molar-refractivity contribution in [3.63, 3.8) is 0 Å². The molecule has 0 heterocycles. The lowest BCUT2D eigenvalue weighted by Gasteiger charge is -2.19. The first-order valence-corrected chi connectivity index (χ1v) is 10.7. The highest BCUT2D eigenvalue weighted by atomic mass is 127. The van der Waals surface area contributed by atoms with Gasteiger partial charge in [0.25, 0.3) is 5.91 Å². The summed E-state index contributed by atoms with van der Waals surface area (Å²) in [6, 6.07) is 14.6. The summed E-state index contributed by atoms with van der Waals surface area (Å²) in [6.45, 7) is 6.53. The molecular weight excluding hydrogens is 506 g/mol. The normalized spacial score (nSPS) is 14.4. The first-order valence-electron chi connectivity index (χ1n) is 10.7. The van der Waals surface area contributed by atoms with E-state index >= 15 is 0 Å². The third-order valence-electron chi connectivity index (χ3n) is 5.38. The van der Waals surface area contributed by atoms with E-state index in [9.17, 15) is 9.18 Å². The minimum Gasteiger partial charge on any atom is -0.357 e. The van der Waals surface area contributed by atoms with Crippen LogP contribution in [0.4, 0.5) is 4.39 Å². The molecule has 0 aromatic heterocycles. The molecule has 2 aromatic rings. The van der Waals surface area contributed by atoms with Crippen molar-refractivity contribution in [1.82, 2.24) is 16.0 Å². The van der Waals surface area contributed by atoms with E-state index in [4.69, 9.17) is 0 Å². The number of nitrogens with one attached hydrogen (secondary N) is 3. The molecule has 2 aromatic carbocycles. The van der Waals surface area contributed by atoms with Crippen LogP contribution in [0.2, 0.25) is 0 Å². The van der Waals surface area contributed by atoms with Gasteiger partial charge in [0.05, 0.1) is 6.54 Å². The predicted octanol–water partition coefficient (Wildman–Crippen LogP) is 4.37. The molecule has 0 radical (unpaired) electrons. The lowest BCUT2D eigenvalue weighted by molar-refractivity contribution is 0.0953. The van der Waals surface area contributed by atoms with E-state index in [2.05, 4.69) is 20.9 Å². The number of carbonyl (C=O) groups excluding carboxylic acids is 1. The Morgan fingerprint density at radius 3 is 2.52 bits per heavy atom. The maximum absolute atomic E-state index is 14.2. The Labute approximate surface area is 201 Å². The Morgan fingerprint density at radius 1 is 1.06 bits per heavy atom. The van der Waals surface area contributed by atoms with E-state index < -0.39 is 0 Å². The standard InChI is InChI=1S/C24H31FN4O.HI/c1-3-14-27-22(30)19-9-7-8-18(15-19)16-28-23(26-4-2)29-17-24(12-13-24)20-10-5-6-11-21(20)25;/h5-11,15H,3-4,12-14,16-17H2,1-2H3,(H,27,30)(H2,26,28,29);1H. The van der Waals surface area contributed by atoms with Crippen LogP contribution in [0.1, 0.15) is 54.6 Å². The number of hydrogen-bond donors (Lipinski definition) is 3. The molecule has 5 nitrogen and oxygen atoms in total. The van der Waals surface area contributed by atoms with Gasteiger partial charge in [0.15, 0.2) is 5.96 Å². The van der Waals surface area contributed by atoms with Crippen LogP contribution in [0.3, 0.4) is 0 Å². The molecule has 1 aliphatic carbocycles. The molecule has 0 aliphatic heterocycles. The second kappa shape index (κ2) is 12.0. The van der Waals surface area contributed by atoms with Crippen LogP contribution in [0.15, 0.2) is 53.5 Å². The Morgan fingerprint density at radius 2 is 1.84 bits per heavy atom. The fourth-order valence-electron chi connectivity index (χ4n) is 3.50. The Bertz CT molecular complexity index is 899. The lowest BCUT2D eigenvalue weighted by Crippen LogP contribution is -2.41. The third-order valence-corrected chi connectivity index (χ3v) is 5.38. The maximum Gasteiger partial charge on any atom is 0.251 e. The molecule has 0 saturated heterocycles. The van der Waals surface area contributed by atoms with Crippen LogP contribution in [0.25, 0.3) is 0 Å². The van der Waals surface area contributed by atoms with Crippen molar-refractivity contribution in [3.05, 3.63) is 71.0 Å². The van der Waals surface area contributed by atoms with Crippen LogP contribution in [0.5, 0.6) is 0 Å². The van der Waals surface area contributed by atoms with E-state index in [0.29, 0.717) is 31.2 Å². The number of aliphatic imine (C=N–C) groups is 1. The van der Waals surface area contributed by atoms with Crippen molar-refractivity contribution < 1.29 is 9.18 Å². The van der Waals surface area contributed by atoms with Gasteiger partial charge in [0, 0.05) is 30.6 Å². The Balaban J connectivity index is 0.00000341. The summed E-state index contributed by atoms with van der Waals surface area (Å²) >= 11 is 0. The first-order chi connectivity index (χ1) is 14.6. The number of carbonyl (C=O) groups is 1. The number of amides is 1. The van der Waals surface area contributed by atoms with Gasteiger partial charge in [-0.25, -0.2) is 9.38 Å². The van der Waals surface area contributed by atoms with Crippen LogP contribution >= 0.6 is 24.0 Å². The SMILES string of the molecule is CCCNC(=O)c1cccc(CN=C(NCC)NCC2(c3ccccc3F)CC2)c1.I. The molecule has 1 saturated carbocycles. The van der Waals surface area contributed by atoms with Gasteiger partial charge in [-0.05, 0) is 55.5 Å². The summed E-state index contributed by atoms with van der Waals surface area (Å²) in [5, 5.41) is 9.52. The van der Waals surface area contributed by atoms with E-state index in [1.165, 1.54) is 6.07 Å². The molecule has 1 amide bonds. The largest absolute Gasteiger partial charge is 0.357 e. The monoisotopic (exact) mass is 538 g/mol. The molecule has 1 fully saturated rings. The van der Waals surface area contributed by atoms with Gasteiger partial charge in [0.1, 0.15) is 5.82 Å². The van der Waals surface area contributed by atoms with Gasteiger partial charge >= 0.3 is 0 Å². The average Bonchev–Trinajstić information content (AvgIpc) is 3.55. The van der Waals surface area contributed by atoms with Crippen molar-refractivity contribution in [1.29, 1.82) is 0 Å². The van der Waals surface area contributed by atoms with Crippen LogP contribution in [-0.2, 0) is 12.0 Å². The summed E-state index contributed by atoms with van der Waals surface area (Å²) in [4.78, 5) is 16.8. The minimum absolute atomic E-state index is 0. The van der Waals surface area contributed by atoms with Crippen LogP contribution < -0.4 is 16.0 Å². The molecule has 0 bridgehead atoms. The van der Waals surface area contributed by atoms with Crippen molar-refractivity contribution in [2.24, 2.45) is 4.99 Å². The van der Waals surface area contributed by atoms with Gasteiger partial charge in [0.2, 0.25) is 0 Å². The van der Waals surface area contributed by atoms with E-state index in [0.717, 1.165) is 36.9 Å². The number of halogens is 2. The third kappa shape index (κ3) is 6.92. The topological polar surface area (TPSA) is 65.5 Å². The fraction of sp³-hybridized carbons (Fsp3) is 0.417. The number of hydrogen-bond acceptors (Lipinski definition) is 2. The molecule has 7 heteroatoms. The summed E-state index contributed by atoms with van der Waals surface area (Å²) in [6.07, 6.45) is 2.84. The Hall–Kier alpha value is -2.16. The van der Waals surface area contributed by atoms with Gasteiger partial charge in [-0.3, -0.25) is 4.79 Å². The minimum atomic E-state index is -0.154. The molecule has 3 N–H and O–H groups in total. The smallest absolute Gasteiger partial charge is 0.251 e. The molecule has 0 atom stereocenters. The number of rotatable bonds is 9. The number of guanidine groups is 1. The van der Waals surface area contributed by atoms with Gasteiger partial charge < -0.3 is 16.0 Å². The first kappa shape index (κ1) is 25.1. The molecular formula is C24H32FIN4O. The van der Waals surface area contributed by atoms with Gasteiger partial charge in [-0.2, -0.15) is 0 Å². The van der Waals surface area contributed by atoms with E-state index in [1.54, 1.807) is 6.07 Å². The number of benzene rings is 2. The second-order valence-electron chi connectivity index (χ2n) is 7.77. The molecule has 1 aliphatic rings.